The van der Waals surface area contributed by atoms with Gasteiger partial charge in [0.1, 0.15) is 0 Å². The predicted octanol–water partition coefficient (Wildman–Crippen LogP) is 2.44. The third-order valence-corrected chi connectivity index (χ3v) is 6.03. The number of rotatable bonds is 5. The monoisotopic (exact) mass is 341 g/mol. The van der Waals surface area contributed by atoms with Gasteiger partial charge in [0.15, 0.2) is 0 Å². The Morgan fingerprint density at radius 3 is 2.88 bits per heavy atom. The molecule has 1 aliphatic carbocycles. The number of ether oxygens (including phenoxy) is 1. The molecular formula is C20H27N3O2. The third kappa shape index (κ3) is 3.24. The molecular weight excluding hydrogens is 314 g/mol. The highest BCUT2D eigenvalue weighted by Gasteiger charge is 2.50. The minimum Gasteiger partial charge on any atom is -0.393 e. The summed E-state index contributed by atoms with van der Waals surface area (Å²) in [5.74, 6) is 0. The van der Waals surface area contributed by atoms with Crippen molar-refractivity contribution in [1.29, 1.82) is 0 Å². The summed E-state index contributed by atoms with van der Waals surface area (Å²) in [5.41, 5.74) is 2.42. The molecule has 25 heavy (non-hydrogen) atoms. The standard InChI is InChI=1S/C20H27N3O2/c1-25-20-8-7-18(24)11-19(20)22(10-9-20)14-17-12-21-15-23(17)13-16-5-3-2-4-6-16/h2-6,12,15,18-19,24H,7-11,13-14H2,1H3/t18-,19+,20-/m1/s1. The molecule has 3 atom stereocenters. The fourth-order valence-corrected chi connectivity index (χ4v) is 4.57. The molecule has 0 amide bonds. The molecule has 0 radical (unpaired) electrons. The summed E-state index contributed by atoms with van der Waals surface area (Å²) >= 11 is 0. The first kappa shape index (κ1) is 16.8. The van der Waals surface area contributed by atoms with Gasteiger partial charge in [-0.1, -0.05) is 30.3 Å². The van der Waals surface area contributed by atoms with E-state index in [9.17, 15) is 5.11 Å². The van der Waals surface area contributed by atoms with E-state index in [1.165, 1.54) is 11.3 Å². The Labute approximate surface area is 149 Å². The second-order valence-electron chi connectivity index (χ2n) is 7.43. The van der Waals surface area contributed by atoms with Crippen molar-refractivity contribution in [3.05, 3.63) is 54.1 Å². The molecule has 134 valence electrons. The van der Waals surface area contributed by atoms with Gasteiger partial charge in [-0.15, -0.1) is 0 Å². The zero-order chi connectivity index (χ0) is 17.3. The van der Waals surface area contributed by atoms with E-state index in [4.69, 9.17) is 4.74 Å². The zero-order valence-electron chi connectivity index (χ0n) is 14.8. The van der Waals surface area contributed by atoms with Crippen LogP contribution in [-0.2, 0) is 17.8 Å². The van der Waals surface area contributed by atoms with Crippen LogP contribution in [0, 0.1) is 0 Å². The van der Waals surface area contributed by atoms with Gasteiger partial charge in [0.2, 0.25) is 0 Å². The fourth-order valence-electron chi connectivity index (χ4n) is 4.57. The molecule has 4 rings (SSSR count). The number of aromatic nitrogens is 2. The van der Waals surface area contributed by atoms with Crippen molar-refractivity contribution in [3.8, 4) is 0 Å². The van der Waals surface area contributed by atoms with Crippen LogP contribution in [0.5, 0.6) is 0 Å². The van der Waals surface area contributed by atoms with Gasteiger partial charge in [-0.3, -0.25) is 4.90 Å². The van der Waals surface area contributed by atoms with E-state index in [0.717, 1.165) is 45.3 Å². The molecule has 1 N–H and O–H groups in total. The third-order valence-electron chi connectivity index (χ3n) is 6.03. The van der Waals surface area contributed by atoms with E-state index in [1.807, 2.05) is 25.7 Å². The Bertz CT molecular complexity index is 702. The minimum atomic E-state index is -0.205. The lowest BCUT2D eigenvalue weighted by molar-refractivity contribution is -0.0881. The van der Waals surface area contributed by atoms with Crippen molar-refractivity contribution in [3.63, 3.8) is 0 Å². The van der Waals surface area contributed by atoms with Crippen LogP contribution in [0.25, 0.3) is 0 Å². The number of benzene rings is 1. The molecule has 2 fully saturated rings. The van der Waals surface area contributed by atoms with E-state index >= 15 is 0 Å². The van der Waals surface area contributed by atoms with Crippen LogP contribution < -0.4 is 0 Å². The number of nitrogens with zero attached hydrogens (tertiary/aromatic N) is 3. The molecule has 2 aliphatic rings. The Balaban J connectivity index is 1.50. The second-order valence-corrected chi connectivity index (χ2v) is 7.43. The fraction of sp³-hybridized carbons (Fsp3) is 0.550. The largest absolute Gasteiger partial charge is 0.393 e. The Morgan fingerprint density at radius 2 is 2.08 bits per heavy atom. The molecule has 1 saturated carbocycles. The van der Waals surface area contributed by atoms with Crippen LogP contribution >= 0.6 is 0 Å². The van der Waals surface area contributed by atoms with Gasteiger partial charge in [-0.05, 0) is 31.2 Å². The van der Waals surface area contributed by atoms with Gasteiger partial charge in [0, 0.05) is 39.0 Å². The number of aliphatic hydroxyl groups is 1. The van der Waals surface area contributed by atoms with Crippen molar-refractivity contribution in [2.45, 2.75) is 56.5 Å². The minimum absolute atomic E-state index is 0.0798. The van der Waals surface area contributed by atoms with E-state index in [0.29, 0.717) is 6.04 Å². The summed E-state index contributed by atoms with van der Waals surface area (Å²) < 4.78 is 8.17. The smallest absolute Gasteiger partial charge is 0.0951 e. The van der Waals surface area contributed by atoms with Crippen LogP contribution in [0.3, 0.4) is 0 Å². The van der Waals surface area contributed by atoms with Crippen molar-refractivity contribution in [2.24, 2.45) is 0 Å². The molecule has 1 aromatic carbocycles. The summed E-state index contributed by atoms with van der Waals surface area (Å²) in [6.07, 6.45) is 7.34. The first-order valence-corrected chi connectivity index (χ1v) is 9.20. The molecule has 0 spiro atoms. The van der Waals surface area contributed by atoms with Crippen LogP contribution in [0.4, 0.5) is 0 Å². The topological polar surface area (TPSA) is 50.5 Å². The lowest BCUT2D eigenvalue weighted by Gasteiger charge is -2.42. The molecule has 1 saturated heterocycles. The lowest BCUT2D eigenvalue weighted by atomic mass is 9.79. The predicted molar refractivity (Wildman–Crippen MR) is 96.2 cm³/mol. The summed E-state index contributed by atoms with van der Waals surface area (Å²) in [4.78, 5) is 6.85. The number of aliphatic hydroxyl groups excluding tert-OH is 1. The van der Waals surface area contributed by atoms with Crippen LogP contribution in [-0.4, -0.2) is 51.0 Å². The number of methoxy groups -OCH3 is 1. The van der Waals surface area contributed by atoms with E-state index in [2.05, 4.69) is 38.7 Å². The molecule has 5 heteroatoms. The SMILES string of the molecule is CO[C@@]12CC[C@@H](O)C[C@@H]1N(Cc1cncn1Cc1ccccc1)CC2. The number of hydrogen-bond acceptors (Lipinski definition) is 4. The first-order valence-electron chi connectivity index (χ1n) is 9.20. The van der Waals surface area contributed by atoms with Crippen LogP contribution in [0.15, 0.2) is 42.9 Å². The lowest BCUT2D eigenvalue weighted by Crippen LogP contribution is -2.51. The Hall–Kier alpha value is -1.69. The van der Waals surface area contributed by atoms with Gasteiger partial charge >= 0.3 is 0 Å². The van der Waals surface area contributed by atoms with Gasteiger partial charge < -0.3 is 14.4 Å². The van der Waals surface area contributed by atoms with Gasteiger partial charge in [-0.2, -0.15) is 0 Å². The molecule has 2 heterocycles. The average Bonchev–Trinajstić information content (AvgIpc) is 3.22. The summed E-state index contributed by atoms with van der Waals surface area (Å²) in [6, 6.07) is 10.8. The van der Waals surface area contributed by atoms with Crippen molar-refractivity contribution in [2.75, 3.05) is 13.7 Å². The molecule has 5 nitrogen and oxygen atoms in total. The summed E-state index contributed by atoms with van der Waals surface area (Å²) in [5, 5.41) is 10.2. The maximum absolute atomic E-state index is 10.2. The quantitative estimate of drug-likeness (QED) is 0.907. The summed E-state index contributed by atoms with van der Waals surface area (Å²) in [7, 11) is 1.83. The molecule has 0 unspecified atom stereocenters. The van der Waals surface area contributed by atoms with Gasteiger partial charge in [-0.25, -0.2) is 4.98 Å². The average molecular weight is 341 g/mol. The van der Waals surface area contributed by atoms with E-state index in [-0.39, 0.29) is 11.7 Å². The number of likely N-dealkylation sites (tertiary alicyclic amines) is 1. The van der Waals surface area contributed by atoms with Gasteiger partial charge in [0.25, 0.3) is 0 Å². The number of fused-ring (bicyclic) bond motifs is 1. The van der Waals surface area contributed by atoms with Crippen LogP contribution in [0.1, 0.15) is 36.9 Å². The molecule has 2 aromatic rings. The van der Waals surface area contributed by atoms with Crippen molar-refractivity contribution < 1.29 is 9.84 Å². The second kappa shape index (κ2) is 6.90. The van der Waals surface area contributed by atoms with Crippen molar-refractivity contribution >= 4 is 0 Å². The Kier molecular flexibility index (Phi) is 4.63. The molecule has 1 aliphatic heterocycles. The van der Waals surface area contributed by atoms with E-state index < -0.39 is 0 Å². The Morgan fingerprint density at radius 1 is 1.24 bits per heavy atom. The summed E-state index contributed by atoms with van der Waals surface area (Å²) in [6.45, 7) is 2.71. The first-order chi connectivity index (χ1) is 12.2. The van der Waals surface area contributed by atoms with Crippen molar-refractivity contribution in [1.82, 2.24) is 14.5 Å². The highest BCUT2D eigenvalue weighted by atomic mass is 16.5. The van der Waals surface area contributed by atoms with E-state index in [1.54, 1.807) is 0 Å². The highest BCUT2D eigenvalue weighted by molar-refractivity contribution is 5.16. The highest BCUT2D eigenvalue weighted by Crippen LogP contribution is 2.42. The zero-order valence-corrected chi connectivity index (χ0v) is 14.8. The normalized spacial score (nSPS) is 29.7. The maximum Gasteiger partial charge on any atom is 0.0951 e. The van der Waals surface area contributed by atoms with Gasteiger partial charge in [0.05, 0.1) is 23.7 Å². The molecule has 0 bridgehead atoms. The van der Waals surface area contributed by atoms with Crippen LogP contribution in [0.2, 0.25) is 0 Å². The molecule has 1 aromatic heterocycles. The number of hydrogen-bond donors (Lipinski definition) is 1. The number of imidazole rings is 1. The maximum atomic E-state index is 10.2.